The molecule has 0 radical (unpaired) electrons. The smallest absolute Gasteiger partial charge is 0.462 e. The van der Waals surface area contributed by atoms with Crippen LogP contribution in [0.5, 0.6) is 5.75 Å². The molecule has 3 aromatic carbocycles. The topological polar surface area (TPSA) is 55.8 Å². The Balaban J connectivity index is 1.91. The Morgan fingerprint density at radius 3 is 1.97 bits per heavy atom. The zero-order valence-electron chi connectivity index (χ0n) is 20.2. The number of anilines is 1. The largest absolute Gasteiger partial charge is 0.573 e. The molecule has 5 nitrogen and oxygen atoms in total. The molecule has 1 amide bonds. The van der Waals surface area contributed by atoms with E-state index in [1.807, 2.05) is 24.3 Å². The zero-order chi connectivity index (χ0) is 26.7. The Morgan fingerprint density at radius 2 is 1.47 bits per heavy atom. The lowest BCUT2D eigenvalue weighted by Gasteiger charge is -2.24. The minimum atomic E-state index is -4.78. The lowest BCUT2D eigenvalue weighted by Crippen LogP contribution is -2.37. The fraction of sp³-hybridized carbons (Fsp3) is 0.259. The minimum Gasteiger partial charge on any atom is -0.462 e. The van der Waals surface area contributed by atoms with Gasteiger partial charge in [0, 0.05) is 0 Å². The van der Waals surface area contributed by atoms with Crippen molar-refractivity contribution in [3.8, 4) is 16.9 Å². The van der Waals surface area contributed by atoms with E-state index in [-0.39, 0.29) is 28.4 Å². The van der Waals surface area contributed by atoms with E-state index in [1.165, 1.54) is 29.2 Å². The van der Waals surface area contributed by atoms with E-state index in [4.69, 9.17) is 11.6 Å². The lowest BCUT2D eigenvalue weighted by atomic mass is 9.87. The number of ether oxygens (including phenoxy) is 2. The van der Waals surface area contributed by atoms with Gasteiger partial charge in [0.05, 0.1) is 24.4 Å². The first-order valence-electron chi connectivity index (χ1n) is 10.9. The molecule has 0 N–H and O–H groups in total. The number of carbonyl (C=O) groups excluding carboxylic acids is 2. The maximum absolute atomic E-state index is 12.9. The maximum atomic E-state index is 12.9. The Hall–Kier alpha value is -3.52. The number of carbonyl (C=O) groups is 2. The highest BCUT2D eigenvalue weighted by Crippen LogP contribution is 2.34. The van der Waals surface area contributed by atoms with Crippen molar-refractivity contribution < 1.29 is 32.2 Å². The van der Waals surface area contributed by atoms with Crippen molar-refractivity contribution in [1.82, 2.24) is 0 Å². The highest BCUT2D eigenvalue weighted by atomic mass is 35.5. The van der Waals surface area contributed by atoms with Gasteiger partial charge in [0.15, 0.2) is 0 Å². The van der Waals surface area contributed by atoms with Crippen molar-refractivity contribution in [3.05, 3.63) is 82.9 Å². The van der Waals surface area contributed by atoms with E-state index in [0.29, 0.717) is 11.1 Å². The molecule has 36 heavy (non-hydrogen) atoms. The van der Waals surface area contributed by atoms with Crippen molar-refractivity contribution in [3.63, 3.8) is 0 Å². The summed E-state index contributed by atoms with van der Waals surface area (Å²) in [5.41, 5.74) is 3.32. The van der Waals surface area contributed by atoms with Gasteiger partial charge in [0.2, 0.25) is 0 Å². The number of hydrogen-bond donors (Lipinski definition) is 0. The molecule has 0 atom stereocenters. The highest BCUT2D eigenvalue weighted by Gasteiger charge is 2.31. The summed E-state index contributed by atoms with van der Waals surface area (Å²) < 4.78 is 45.8. The monoisotopic (exact) mass is 519 g/mol. The molecule has 0 aliphatic carbocycles. The minimum absolute atomic E-state index is 0.0454. The molecule has 0 saturated heterocycles. The van der Waals surface area contributed by atoms with E-state index < -0.39 is 18.2 Å². The summed E-state index contributed by atoms with van der Waals surface area (Å²) in [5.74, 6) is -2.27. The number of rotatable bonds is 5. The summed E-state index contributed by atoms with van der Waals surface area (Å²) in [6.45, 7) is 6.34. The second-order valence-corrected chi connectivity index (χ2v) is 9.48. The lowest BCUT2D eigenvalue weighted by molar-refractivity contribution is -0.274. The fourth-order valence-corrected chi connectivity index (χ4v) is 3.79. The molecule has 0 bridgehead atoms. The van der Waals surface area contributed by atoms with E-state index in [0.717, 1.165) is 18.2 Å². The summed E-state index contributed by atoms with van der Waals surface area (Å²) in [6, 6.07) is 17.8. The molecule has 190 valence electrons. The van der Waals surface area contributed by atoms with E-state index >= 15 is 0 Å². The van der Waals surface area contributed by atoms with Gasteiger partial charge in [-0.2, -0.15) is 0 Å². The highest BCUT2D eigenvalue weighted by molar-refractivity contribution is 6.40. The van der Waals surface area contributed by atoms with Crippen molar-refractivity contribution >= 4 is 29.2 Å². The Bertz CT molecular complexity index is 1230. The number of nitrogens with zero attached hydrogens (tertiary/aromatic N) is 1. The molecule has 9 heteroatoms. The second-order valence-electron chi connectivity index (χ2n) is 9.07. The van der Waals surface area contributed by atoms with Gasteiger partial charge in [-0.05, 0) is 51.9 Å². The van der Waals surface area contributed by atoms with Crippen LogP contribution in [0, 0.1) is 0 Å². The Morgan fingerprint density at radius 1 is 0.889 bits per heavy atom. The summed E-state index contributed by atoms with van der Waals surface area (Å²) in [6.07, 6.45) is -4.78. The van der Waals surface area contributed by atoms with Crippen molar-refractivity contribution in [1.29, 1.82) is 0 Å². The number of benzene rings is 3. The van der Waals surface area contributed by atoms with Crippen LogP contribution in [0.25, 0.3) is 11.1 Å². The van der Waals surface area contributed by atoms with Crippen molar-refractivity contribution in [2.75, 3.05) is 12.0 Å². The third-order valence-corrected chi connectivity index (χ3v) is 5.73. The molecule has 0 aromatic heterocycles. The number of halogens is 4. The number of esters is 1. The van der Waals surface area contributed by atoms with E-state index in [2.05, 4.69) is 30.2 Å². The van der Waals surface area contributed by atoms with Gasteiger partial charge in [0.1, 0.15) is 5.75 Å². The maximum Gasteiger partial charge on any atom is 0.573 e. The first-order valence-corrected chi connectivity index (χ1v) is 11.3. The molecular weight excluding hydrogens is 495 g/mol. The molecule has 0 saturated carbocycles. The van der Waals surface area contributed by atoms with E-state index in [9.17, 15) is 22.8 Å². The number of methoxy groups -OCH3 is 1. The summed E-state index contributed by atoms with van der Waals surface area (Å²) in [7, 11) is 1.12. The number of hydrogen-bond acceptors (Lipinski definition) is 4. The summed E-state index contributed by atoms with van der Waals surface area (Å²) in [5, 5.41) is 0.173. The van der Waals surface area contributed by atoms with Crippen LogP contribution < -0.4 is 9.64 Å². The second kappa shape index (κ2) is 10.6. The quantitative estimate of drug-likeness (QED) is 0.271. The van der Waals surface area contributed by atoms with Gasteiger partial charge >= 0.3 is 18.2 Å². The first kappa shape index (κ1) is 27.1. The predicted octanol–water partition coefficient (Wildman–Crippen LogP) is 6.91. The van der Waals surface area contributed by atoms with Gasteiger partial charge in [-0.1, -0.05) is 74.8 Å². The fourth-order valence-electron chi connectivity index (χ4n) is 3.51. The van der Waals surface area contributed by atoms with Crippen LogP contribution >= 0.6 is 11.6 Å². The molecule has 0 heterocycles. The molecular formula is C27H25ClF3NO4. The molecule has 0 spiro atoms. The van der Waals surface area contributed by atoms with Gasteiger partial charge in [-0.3, -0.25) is 9.69 Å². The van der Waals surface area contributed by atoms with Crippen LogP contribution in [0.1, 0.15) is 31.9 Å². The zero-order valence-corrected chi connectivity index (χ0v) is 20.9. The molecule has 0 unspecified atom stereocenters. The molecule has 0 aliphatic heterocycles. The van der Waals surface area contributed by atoms with Crippen LogP contribution in [0.4, 0.5) is 18.9 Å². The van der Waals surface area contributed by atoms with Crippen molar-refractivity contribution in [2.45, 2.75) is 39.1 Å². The molecule has 3 rings (SSSR count). The average molecular weight is 520 g/mol. The first-order chi connectivity index (χ1) is 16.8. The third-order valence-electron chi connectivity index (χ3n) is 5.43. The number of alkyl halides is 3. The van der Waals surface area contributed by atoms with Crippen molar-refractivity contribution in [2.24, 2.45) is 0 Å². The van der Waals surface area contributed by atoms with Crippen LogP contribution in [0.2, 0.25) is 5.02 Å². The van der Waals surface area contributed by atoms with Crippen LogP contribution in [0.3, 0.4) is 0 Å². The van der Waals surface area contributed by atoms with Gasteiger partial charge in [0.25, 0.3) is 0 Å². The third kappa shape index (κ3) is 6.79. The standard InChI is InChI=1S/C27H25ClF3NO4/c1-26(2,3)20-10-5-17(6-11-20)16-32(24(33)25(34)35-4)23-14-9-19(15-22(23)28)18-7-12-21(13-8-18)36-27(29,30)31/h5-15H,16H2,1-4H3. The van der Waals surface area contributed by atoms with Gasteiger partial charge < -0.3 is 9.47 Å². The molecule has 3 aromatic rings. The number of amides is 1. The van der Waals surface area contributed by atoms with Gasteiger partial charge in [-0.25, -0.2) is 4.79 Å². The predicted molar refractivity (Wildman–Crippen MR) is 132 cm³/mol. The summed E-state index contributed by atoms with van der Waals surface area (Å²) >= 11 is 6.52. The van der Waals surface area contributed by atoms with E-state index in [1.54, 1.807) is 18.2 Å². The van der Waals surface area contributed by atoms with Gasteiger partial charge in [-0.15, -0.1) is 13.2 Å². The molecule has 0 fully saturated rings. The normalized spacial score (nSPS) is 11.7. The van der Waals surface area contributed by atoms with Crippen LogP contribution in [-0.4, -0.2) is 25.3 Å². The van der Waals surface area contributed by atoms with Crippen LogP contribution in [0.15, 0.2) is 66.7 Å². The molecule has 0 aliphatic rings. The summed E-state index contributed by atoms with van der Waals surface area (Å²) in [4.78, 5) is 26.2. The van der Waals surface area contributed by atoms with Crippen LogP contribution in [-0.2, 0) is 26.3 Å². The SMILES string of the molecule is COC(=O)C(=O)N(Cc1ccc(C(C)(C)C)cc1)c1ccc(-c2ccc(OC(F)(F)F)cc2)cc1Cl. The Kier molecular flexibility index (Phi) is 7.99. The Labute approximate surface area is 212 Å². The average Bonchev–Trinajstić information content (AvgIpc) is 2.81.